The van der Waals surface area contributed by atoms with Crippen molar-refractivity contribution in [3.8, 4) is 0 Å². The van der Waals surface area contributed by atoms with Crippen LogP contribution in [0.4, 0.5) is 0 Å². The third-order valence-corrected chi connectivity index (χ3v) is 1.72. The highest BCUT2D eigenvalue weighted by Crippen LogP contribution is 2.00. The van der Waals surface area contributed by atoms with E-state index in [9.17, 15) is 14.4 Å². The number of ether oxygens (including phenoxy) is 1. The first-order chi connectivity index (χ1) is 7.43. The molecule has 0 N–H and O–H groups in total. The normalized spacial score (nSPS) is 9.69. The van der Waals surface area contributed by atoms with Crippen molar-refractivity contribution >= 4 is 18.0 Å². The first-order valence-corrected chi connectivity index (χ1v) is 4.77. The summed E-state index contributed by atoms with van der Waals surface area (Å²) in [4.78, 5) is 32.3. The summed E-state index contributed by atoms with van der Waals surface area (Å²) in [5.41, 5.74) is 0.492. The molecule has 0 radical (unpaired) electrons. The summed E-state index contributed by atoms with van der Waals surface area (Å²) in [6, 6.07) is 0. The quantitative estimate of drug-likeness (QED) is 0.277. The van der Waals surface area contributed by atoms with Crippen LogP contribution in [0.1, 0.15) is 41.4 Å². The zero-order chi connectivity index (χ0) is 12.6. The molecule has 0 aromatic rings. The maximum Gasteiger partial charge on any atom is 0.306 e. The van der Waals surface area contributed by atoms with Crippen LogP contribution in [-0.4, -0.2) is 24.6 Å². The molecule has 0 amide bonds. The Balaban J connectivity index is 0. The van der Waals surface area contributed by atoms with Crippen LogP contribution in [0.5, 0.6) is 0 Å². The molecule has 0 saturated heterocycles. The highest BCUT2D eigenvalue weighted by molar-refractivity contribution is 5.94. The molecule has 4 nitrogen and oxygen atoms in total. The van der Waals surface area contributed by atoms with Gasteiger partial charge in [-0.1, -0.05) is 14.0 Å². The van der Waals surface area contributed by atoms with E-state index in [1.807, 2.05) is 0 Å². The summed E-state index contributed by atoms with van der Waals surface area (Å²) in [6.45, 7) is 5.29. The van der Waals surface area contributed by atoms with Gasteiger partial charge in [-0.15, -0.1) is 0 Å². The fourth-order valence-electron chi connectivity index (χ4n) is 0.857. The minimum Gasteiger partial charge on any atom is -0.466 e. The summed E-state index contributed by atoms with van der Waals surface area (Å²) >= 11 is 0. The summed E-state index contributed by atoms with van der Waals surface area (Å²) in [5, 5.41) is 0. The van der Waals surface area contributed by atoms with E-state index in [0.717, 1.165) is 0 Å². The fourth-order valence-corrected chi connectivity index (χ4v) is 0.857. The molecular weight excluding hydrogens is 208 g/mol. The molecule has 92 valence electrons. The van der Waals surface area contributed by atoms with Gasteiger partial charge in [-0.05, 0) is 18.9 Å². The molecule has 0 saturated carbocycles. The lowest BCUT2D eigenvalue weighted by Crippen LogP contribution is -2.07. The Morgan fingerprint density at radius 3 is 2.56 bits per heavy atom. The Morgan fingerprint density at radius 2 is 2.06 bits per heavy atom. The first kappa shape index (κ1) is 14.6. The lowest BCUT2D eigenvalue weighted by molar-refractivity contribution is -0.144. The molecule has 0 aliphatic heterocycles. The molecule has 0 aromatic carbocycles. The van der Waals surface area contributed by atoms with Gasteiger partial charge in [0, 0.05) is 12.8 Å². The molecule has 0 aliphatic carbocycles. The molecule has 0 aromatic heterocycles. The van der Waals surface area contributed by atoms with Crippen molar-refractivity contribution in [3.63, 3.8) is 0 Å². The van der Waals surface area contributed by atoms with Gasteiger partial charge in [-0.2, -0.15) is 0 Å². The third kappa shape index (κ3) is 9.12. The van der Waals surface area contributed by atoms with Crippen LogP contribution in [0.3, 0.4) is 0 Å². The fraction of sp³-hybridized carbons (Fsp3) is 0.583. The van der Waals surface area contributed by atoms with E-state index >= 15 is 0 Å². The number of carbonyl (C=O) groups is 3. The van der Waals surface area contributed by atoms with E-state index in [-0.39, 0.29) is 32.7 Å². The van der Waals surface area contributed by atoms with Gasteiger partial charge in [0.05, 0.1) is 13.0 Å². The van der Waals surface area contributed by atoms with Gasteiger partial charge in [0.15, 0.2) is 5.78 Å². The van der Waals surface area contributed by atoms with E-state index in [1.165, 1.54) is 0 Å². The van der Waals surface area contributed by atoms with Crippen molar-refractivity contribution in [1.29, 1.82) is 0 Å². The Bertz CT molecular complexity index is 297. The number of hydrogen-bond donors (Lipinski definition) is 0. The number of esters is 1. The number of allylic oxidation sites excluding steroid dienone is 1. The Morgan fingerprint density at radius 1 is 1.44 bits per heavy atom. The summed E-state index contributed by atoms with van der Waals surface area (Å²) in [7, 11) is 0. The van der Waals surface area contributed by atoms with Gasteiger partial charge >= 0.3 is 5.97 Å². The van der Waals surface area contributed by atoms with Gasteiger partial charge in [-0.25, -0.2) is 0 Å². The van der Waals surface area contributed by atoms with Crippen molar-refractivity contribution in [2.75, 3.05) is 6.61 Å². The molecule has 0 fully saturated rings. The summed E-state index contributed by atoms with van der Waals surface area (Å²) in [5.74, 6) is -0.555. The lowest BCUT2D eigenvalue weighted by Gasteiger charge is -2.02. The molecular formula is C12H20O4. The largest absolute Gasteiger partial charge is 0.466 e. The van der Waals surface area contributed by atoms with Crippen molar-refractivity contribution in [2.24, 2.45) is 0 Å². The van der Waals surface area contributed by atoms with E-state index in [2.05, 4.69) is 6.58 Å². The summed E-state index contributed by atoms with van der Waals surface area (Å²) < 4.78 is 11.4. The standard InChI is InChI=1S/C11H16O4.CH4/c1-9(2)10(13)5-4-8-15-11(14)6-3-7-12;/h7H,1,3-6,8H2,2H3;1H4/i7D;. The predicted octanol–water partition coefficient (Wildman–Crippen LogP) is 2.07. The van der Waals surface area contributed by atoms with E-state index < -0.39 is 12.2 Å². The third-order valence-electron chi connectivity index (χ3n) is 1.72. The predicted molar refractivity (Wildman–Crippen MR) is 62.0 cm³/mol. The summed E-state index contributed by atoms with van der Waals surface area (Å²) in [6.07, 6.45) is -0.221. The minimum absolute atomic E-state index is 0. The second kappa shape index (κ2) is 10.1. The Hall–Kier alpha value is -1.45. The molecule has 0 rings (SSSR count). The maximum absolute atomic E-state index is 11.1. The van der Waals surface area contributed by atoms with Crippen LogP contribution in [0.15, 0.2) is 12.2 Å². The first-order valence-electron chi connectivity index (χ1n) is 5.27. The molecule has 0 bridgehead atoms. The SMILES string of the molecule is C.[2H]C(=O)CCC(=O)OCCCC(=O)C(=C)C. The monoisotopic (exact) mass is 229 g/mol. The minimum atomic E-state index is -0.783. The van der Waals surface area contributed by atoms with Crippen molar-refractivity contribution in [1.82, 2.24) is 0 Å². The van der Waals surface area contributed by atoms with Gasteiger partial charge in [0.2, 0.25) is 0 Å². The number of carbonyl (C=O) groups excluding carboxylic acids is 3. The number of Topliss-reactive ketones (excluding diaryl/α,β-unsaturated/α-hetero) is 1. The molecule has 16 heavy (non-hydrogen) atoms. The zero-order valence-electron chi connectivity index (χ0n) is 9.88. The number of ketones is 1. The van der Waals surface area contributed by atoms with Crippen LogP contribution in [0, 0.1) is 0 Å². The highest BCUT2D eigenvalue weighted by atomic mass is 16.5. The van der Waals surface area contributed by atoms with Crippen molar-refractivity contribution in [3.05, 3.63) is 12.2 Å². The maximum atomic E-state index is 11.1. The van der Waals surface area contributed by atoms with Crippen LogP contribution in [0.25, 0.3) is 0 Å². The Kier molecular flexibility index (Phi) is 9.17. The van der Waals surface area contributed by atoms with Crippen molar-refractivity contribution < 1.29 is 20.5 Å². The average Bonchev–Trinajstić information content (AvgIpc) is 2.20. The van der Waals surface area contributed by atoms with Gasteiger partial charge in [0.25, 0.3) is 0 Å². The molecule has 4 heteroatoms. The second-order valence-corrected chi connectivity index (χ2v) is 3.17. The number of aldehydes is 1. The van der Waals surface area contributed by atoms with E-state index in [1.54, 1.807) is 6.92 Å². The lowest BCUT2D eigenvalue weighted by atomic mass is 10.1. The van der Waals surface area contributed by atoms with Crippen LogP contribution < -0.4 is 0 Å². The van der Waals surface area contributed by atoms with Crippen LogP contribution >= 0.6 is 0 Å². The van der Waals surface area contributed by atoms with Crippen LogP contribution in [0.2, 0.25) is 0 Å². The van der Waals surface area contributed by atoms with E-state index in [4.69, 9.17) is 6.11 Å². The van der Waals surface area contributed by atoms with E-state index in [0.29, 0.717) is 18.4 Å². The highest BCUT2D eigenvalue weighted by Gasteiger charge is 2.04. The molecule has 0 spiro atoms. The topological polar surface area (TPSA) is 60.4 Å². The van der Waals surface area contributed by atoms with Crippen LogP contribution in [-0.2, 0) is 19.1 Å². The zero-order valence-corrected chi connectivity index (χ0v) is 8.88. The van der Waals surface area contributed by atoms with Gasteiger partial charge in [0.1, 0.15) is 7.63 Å². The second-order valence-electron chi connectivity index (χ2n) is 3.17. The average molecular weight is 229 g/mol. The number of hydrogen-bond acceptors (Lipinski definition) is 4. The van der Waals surface area contributed by atoms with Gasteiger partial charge in [-0.3, -0.25) is 9.59 Å². The molecule has 0 aliphatic rings. The smallest absolute Gasteiger partial charge is 0.306 e. The molecule has 0 unspecified atom stereocenters. The molecule has 0 heterocycles. The Labute approximate surface area is 98.1 Å². The number of rotatable bonds is 8. The van der Waals surface area contributed by atoms with Gasteiger partial charge < -0.3 is 9.53 Å². The van der Waals surface area contributed by atoms with Crippen molar-refractivity contribution in [2.45, 2.75) is 40.0 Å². The molecule has 0 atom stereocenters.